The van der Waals surface area contributed by atoms with Gasteiger partial charge in [0.25, 0.3) is 0 Å². The molecule has 0 aliphatic carbocycles. The number of carbonyl (C=O) groups is 1. The number of aromatic nitrogens is 3. The van der Waals surface area contributed by atoms with E-state index in [1.165, 1.54) is 6.33 Å². The Balaban J connectivity index is 1.43. The fraction of sp³-hybridized carbons (Fsp3) is 0.238. The van der Waals surface area contributed by atoms with Gasteiger partial charge in [-0.1, -0.05) is 36.4 Å². The summed E-state index contributed by atoms with van der Waals surface area (Å²) in [5, 5.41) is 0. The smallest absolute Gasteiger partial charge is 0.227 e. The van der Waals surface area contributed by atoms with Crippen LogP contribution in [0.4, 0.5) is 0 Å². The third-order valence-electron chi connectivity index (χ3n) is 4.63. The van der Waals surface area contributed by atoms with Crippen molar-refractivity contribution in [3.05, 3.63) is 78.6 Å². The van der Waals surface area contributed by atoms with Gasteiger partial charge in [-0.05, 0) is 11.6 Å². The van der Waals surface area contributed by atoms with Crippen LogP contribution in [0, 0.1) is 0 Å². The van der Waals surface area contributed by atoms with Gasteiger partial charge in [0.15, 0.2) is 0 Å². The van der Waals surface area contributed by atoms with E-state index in [4.69, 9.17) is 4.74 Å². The van der Waals surface area contributed by atoms with Crippen molar-refractivity contribution in [2.45, 2.75) is 12.5 Å². The number of benzene rings is 1. The Hall–Kier alpha value is -3.12. The van der Waals surface area contributed by atoms with Gasteiger partial charge in [0, 0.05) is 36.3 Å². The molecule has 0 N–H and O–H groups in total. The van der Waals surface area contributed by atoms with Crippen LogP contribution < -0.4 is 0 Å². The van der Waals surface area contributed by atoms with Gasteiger partial charge in [0.2, 0.25) is 5.91 Å². The molecular weight excluding hydrogens is 340 g/mol. The Labute approximate surface area is 157 Å². The van der Waals surface area contributed by atoms with Crippen LogP contribution >= 0.6 is 0 Å². The summed E-state index contributed by atoms with van der Waals surface area (Å²) in [6.07, 6.45) is 7.01. The first-order valence-corrected chi connectivity index (χ1v) is 8.94. The zero-order valence-corrected chi connectivity index (χ0v) is 14.9. The molecule has 136 valence electrons. The molecule has 6 nitrogen and oxygen atoms in total. The molecule has 0 spiro atoms. The fourth-order valence-corrected chi connectivity index (χ4v) is 3.15. The normalized spacial score (nSPS) is 16.9. The fourth-order valence-electron chi connectivity index (χ4n) is 3.15. The Morgan fingerprint density at radius 2 is 1.85 bits per heavy atom. The topological polar surface area (TPSA) is 68.2 Å². The van der Waals surface area contributed by atoms with Crippen molar-refractivity contribution in [3.63, 3.8) is 0 Å². The molecule has 0 unspecified atom stereocenters. The zero-order chi connectivity index (χ0) is 18.5. The van der Waals surface area contributed by atoms with Crippen molar-refractivity contribution in [1.29, 1.82) is 0 Å². The average molecular weight is 360 g/mol. The summed E-state index contributed by atoms with van der Waals surface area (Å²) in [6.45, 7) is 1.65. The maximum Gasteiger partial charge on any atom is 0.227 e. The first-order chi connectivity index (χ1) is 13.3. The summed E-state index contributed by atoms with van der Waals surface area (Å²) in [5.74, 6) is 0.118. The Bertz CT molecular complexity index is 885. The monoisotopic (exact) mass is 360 g/mol. The lowest BCUT2D eigenvalue weighted by molar-refractivity contribution is -0.138. The van der Waals surface area contributed by atoms with Crippen LogP contribution in [0.25, 0.3) is 11.1 Å². The number of rotatable bonds is 4. The van der Waals surface area contributed by atoms with Crippen molar-refractivity contribution in [1.82, 2.24) is 19.9 Å². The molecule has 0 saturated carbocycles. The summed E-state index contributed by atoms with van der Waals surface area (Å²) in [5.41, 5.74) is 3.72. The van der Waals surface area contributed by atoms with Crippen LogP contribution in [-0.4, -0.2) is 45.5 Å². The minimum atomic E-state index is -0.209. The van der Waals surface area contributed by atoms with Gasteiger partial charge < -0.3 is 9.64 Å². The second-order valence-corrected chi connectivity index (χ2v) is 6.46. The molecule has 1 aromatic carbocycles. The molecule has 27 heavy (non-hydrogen) atoms. The van der Waals surface area contributed by atoms with Crippen LogP contribution in [0.2, 0.25) is 0 Å². The van der Waals surface area contributed by atoms with E-state index in [0.29, 0.717) is 26.1 Å². The molecule has 1 aliphatic rings. The van der Waals surface area contributed by atoms with Gasteiger partial charge >= 0.3 is 0 Å². The van der Waals surface area contributed by atoms with Crippen LogP contribution in [-0.2, 0) is 16.0 Å². The number of morpholine rings is 1. The van der Waals surface area contributed by atoms with E-state index in [9.17, 15) is 4.79 Å². The van der Waals surface area contributed by atoms with E-state index in [-0.39, 0.29) is 12.0 Å². The minimum Gasteiger partial charge on any atom is -0.368 e. The summed E-state index contributed by atoms with van der Waals surface area (Å²) >= 11 is 0. The van der Waals surface area contributed by atoms with Crippen LogP contribution in [0.3, 0.4) is 0 Å². The van der Waals surface area contributed by atoms with E-state index in [1.807, 2.05) is 47.4 Å². The standard InChI is InChI=1S/C21H20N4O2/c26-21(10-16-4-2-1-3-5-16)25-8-9-27-20(14-25)19-7-6-17(13-24-19)18-11-22-15-23-12-18/h1-7,11-13,15,20H,8-10,14H2/t20-/m1/s1. The molecule has 3 heterocycles. The number of pyridine rings is 1. The quantitative estimate of drug-likeness (QED) is 0.716. The number of amides is 1. The predicted molar refractivity (Wildman–Crippen MR) is 101 cm³/mol. The number of hydrogen-bond acceptors (Lipinski definition) is 5. The number of carbonyl (C=O) groups excluding carboxylic acids is 1. The highest BCUT2D eigenvalue weighted by Crippen LogP contribution is 2.23. The van der Waals surface area contributed by atoms with Gasteiger partial charge in [-0.2, -0.15) is 0 Å². The summed E-state index contributed by atoms with van der Waals surface area (Å²) in [6, 6.07) is 13.7. The maximum atomic E-state index is 12.6. The number of ether oxygens (including phenoxy) is 1. The van der Waals surface area contributed by atoms with E-state index in [0.717, 1.165) is 22.4 Å². The highest BCUT2D eigenvalue weighted by molar-refractivity contribution is 5.78. The van der Waals surface area contributed by atoms with E-state index in [1.54, 1.807) is 18.6 Å². The van der Waals surface area contributed by atoms with Gasteiger partial charge in [-0.15, -0.1) is 0 Å². The van der Waals surface area contributed by atoms with Crippen molar-refractivity contribution in [3.8, 4) is 11.1 Å². The molecule has 6 heteroatoms. The van der Waals surface area contributed by atoms with Gasteiger partial charge in [-0.3, -0.25) is 9.78 Å². The minimum absolute atomic E-state index is 0.118. The Kier molecular flexibility index (Phi) is 5.16. The molecule has 1 atom stereocenters. The van der Waals surface area contributed by atoms with Crippen LogP contribution in [0.15, 0.2) is 67.4 Å². The first-order valence-electron chi connectivity index (χ1n) is 8.94. The van der Waals surface area contributed by atoms with Gasteiger partial charge in [0.05, 0.1) is 25.3 Å². The Morgan fingerprint density at radius 1 is 1.04 bits per heavy atom. The highest BCUT2D eigenvalue weighted by atomic mass is 16.5. The lowest BCUT2D eigenvalue weighted by Crippen LogP contribution is -2.43. The molecule has 1 amide bonds. The molecule has 1 saturated heterocycles. The average Bonchev–Trinajstić information content (AvgIpc) is 2.75. The second-order valence-electron chi connectivity index (χ2n) is 6.46. The molecule has 0 radical (unpaired) electrons. The molecular formula is C21H20N4O2. The molecule has 4 rings (SSSR count). The first kappa shape index (κ1) is 17.3. The number of nitrogens with zero attached hydrogens (tertiary/aromatic N) is 4. The van der Waals surface area contributed by atoms with E-state index in [2.05, 4.69) is 15.0 Å². The second kappa shape index (κ2) is 8.05. The molecule has 2 aromatic heterocycles. The molecule has 1 fully saturated rings. The summed E-state index contributed by atoms with van der Waals surface area (Å²) in [7, 11) is 0. The van der Waals surface area contributed by atoms with E-state index >= 15 is 0 Å². The van der Waals surface area contributed by atoms with Crippen molar-refractivity contribution < 1.29 is 9.53 Å². The van der Waals surface area contributed by atoms with Gasteiger partial charge in [0.1, 0.15) is 12.4 Å². The lowest BCUT2D eigenvalue weighted by Gasteiger charge is -2.32. The van der Waals surface area contributed by atoms with Crippen molar-refractivity contribution in [2.75, 3.05) is 19.7 Å². The maximum absolute atomic E-state index is 12.6. The molecule has 1 aliphatic heterocycles. The van der Waals surface area contributed by atoms with Crippen molar-refractivity contribution >= 4 is 5.91 Å². The highest BCUT2D eigenvalue weighted by Gasteiger charge is 2.26. The molecule has 0 bridgehead atoms. The van der Waals surface area contributed by atoms with Crippen LogP contribution in [0.5, 0.6) is 0 Å². The largest absolute Gasteiger partial charge is 0.368 e. The van der Waals surface area contributed by atoms with Crippen LogP contribution in [0.1, 0.15) is 17.4 Å². The number of hydrogen-bond donors (Lipinski definition) is 0. The van der Waals surface area contributed by atoms with Crippen molar-refractivity contribution in [2.24, 2.45) is 0 Å². The zero-order valence-electron chi connectivity index (χ0n) is 14.9. The predicted octanol–water partition coefficient (Wildman–Crippen LogP) is 2.68. The Morgan fingerprint density at radius 3 is 2.59 bits per heavy atom. The van der Waals surface area contributed by atoms with Gasteiger partial charge in [-0.25, -0.2) is 9.97 Å². The third kappa shape index (κ3) is 4.17. The summed E-state index contributed by atoms with van der Waals surface area (Å²) < 4.78 is 5.86. The molecule has 3 aromatic rings. The SMILES string of the molecule is O=C(Cc1ccccc1)N1CCO[C@@H](c2ccc(-c3cncnc3)cn2)C1. The van der Waals surface area contributed by atoms with E-state index < -0.39 is 0 Å². The summed E-state index contributed by atoms with van der Waals surface area (Å²) in [4.78, 5) is 27.1. The third-order valence-corrected chi connectivity index (χ3v) is 4.63. The lowest BCUT2D eigenvalue weighted by atomic mass is 10.1.